The maximum Gasteiger partial charge on any atom is 0.410 e. The van der Waals surface area contributed by atoms with Crippen molar-refractivity contribution in [1.29, 1.82) is 0 Å². The molecule has 0 fully saturated rings. The number of imidazole rings is 1. The molecule has 1 aliphatic heterocycles. The van der Waals surface area contributed by atoms with E-state index in [2.05, 4.69) is 9.55 Å². The molecular weight excluding hydrogens is 244 g/mol. The van der Waals surface area contributed by atoms with E-state index in [1.807, 2.05) is 27.0 Å². The Morgan fingerprint density at radius 2 is 2.21 bits per heavy atom. The lowest BCUT2D eigenvalue weighted by molar-refractivity contribution is 0.0195. The molecular formula is C13H22N4O2. The third-order valence-corrected chi connectivity index (χ3v) is 2.90. The molecule has 2 rings (SSSR count). The SMILES string of the molecule is CC(C)(C)OC(=O)N1CCn2cc(CCN)nc2C1. The number of nitrogens with two attached hydrogens (primary N) is 1. The number of amides is 1. The molecule has 0 spiro atoms. The van der Waals surface area contributed by atoms with E-state index in [0.29, 0.717) is 19.6 Å². The number of carbonyl (C=O) groups excluding carboxylic acids is 1. The molecule has 0 radical (unpaired) electrons. The first-order valence-corrected chi connectivity index (χ1v) is 6.62. The van der Waals surface area contributed by atoms with Gasteiger partial charge in [0.05, 0.1) is 12.2 Å². The lowest BCUT2D eigenvalue weighted by Crippen LogP contribution is -2.41. The summed E-state index contributed by atoms with van der Waals surface area (Å²) in [6.07, 6.45) is 2.52. The lowest BCUT2D eigenvalue weighted by atomic mass is 10.2. The van der Waals surface area contributed by atoms with Crippen LogP contribution in [0.4, 0.5) is 4.79 Å². The molecule has 106 valence electrons. The molecule has 1 aliphatic rings. The Labute approximate surface area is 113 Å². The van der Waals surface area contributed by atoms with Gasteiger partial charge in [-0.05, 0) is 27.3 Å². The van der Waals surface area contributed by atoms with Crippen LogP contribution in [-0.4, -0.2) is 39.2 Å². The molecule has 1 aromatic heterocycles. The van der Waals surface area contributed by atoms with Crippen molar-refractivity contribution in [3.63, 3.8) is 0 Å². The Bertz CT molecular complexity index is 462. The standard InChI is InChI=1S/C13H22N4O2/c1-13(2,3)19-12(18)17-7-6-16-8-10(4-5-14)15-11(16)9-17/h8H,4-7,9,14H2,1-3H3. The second kappa shape index (κ2) is 5.21. The van der Waals surface area contributed by atoms with Gasteiger partial charge in [0.2, 0.25) is 0 Å². The normalized spacial score (nSPS) is 15.3. The summed E-state index contributed by atoms with van der Waals surface area (Å²) < 4.78 is 7.47. The van der Waals surface area contributed by atoms with Crippen LogP contribution in [0.15, 0.2) is 6.20 Å². The number of rotatable bonds is 2. The Morgan fingerprint density at radius 1 is 1.47 bits per heavy atom. The molecule has 6 heteroatoms. The van der Waals surface area contributed by atoms with Crippen molar-refractivity contribution in [2.24, 2.45) is 5.73 Å². The van der Waals surface area contributed by atoms with Crippen LogP contribution in [0.1, 0.15) is 32.3 Å². The van der Waals surface area contributed by atoms with Crippen LogP contribution in [0.25, 0.3) is 0 Å². The summed E-state index contributed by atoms with van der Waals surface area (Å²) in [6, 6.07) is 0. The molecule has 19 heavy (non-hydrogen) atoms. The second-order valence-electron chi connectivity index (χ2n) is 5.78. The Balaban J connectivity index is 2.03. The van der Waals surface area contributed by atoms with Gasteiger partial charge in [-0.1, -0.05) is 0 Å². The molecule has 0 saturated carbocycles. The van der Waals surface area contributed by atoms with E-state index in [-0.39, 0.29) is 6.09 Å². The average molecular weight is 266 g/mol. The fourth-order valence-corrected chi connectivity index (χ4v) is 2.06. The molecule has 0 atom stereocenters. The van der Waals surface area contributed by atoms with Crippen molar-refractivity contribution in [3.05, 3.63) is 17.7 Å². The van der Waals surface area contributed by atoms with Crippen molar-refractivity contribution < 1.29 is 9.53 Å². The first kappa shape index (κ1) is 13.9. The van der Waals surface area contributed by atoms with E-state index >= 15 is 0 Å². The van der Waals surface area contributed by atoms with Crippen molar-refractivity contribution in [3.8, 4) is 0 Å². The fraction of sp³-hybridized carbons (Fsp3) is 0.692. The summed E-state index contributed by atoms with van der Waals surface area (Å²) in [5, 5.41) is 0. The zero-order valence-corrected chi connectivity index (χ0v) is 11.8. The van der Waals surface area contributed by atoms with Gasteiger partial charge in [0.25, 0.3) is 0 Å². The van der Waals surface area contributed by atoms with Crippen molar-refractivity contribution in [2.45, 2.75) is 45.9 Å². The lowest BCUT2D eigenvalue weighted by Gasteiger charge is -2.30. The molecule has 0 unspecified atom stereocenters. The molecule has 2 heterocycles. The van der Waals surface area contributed by atoms with Crippen LogP contribution in [0.5, 0.6) is 0 Å². The highest BCUT2D eigenvalue weighted by molar-refractivity contribution is 5.68. The summed E-state index contributed by atoms with van der Waals surface area (Å²) in [6.45, 7) is 8.11. The molecule has 1 amide bonds. The topological polar surface area (TPSA) is 73.4 Å². The Hall–Kier alpha value is -1.56. The predicted octanol–water partition coefficient (Wildman–Crippen LogP) is 1.13. The highest BCUT2D eigenvalue weighted by atomic mass is 16.6. The van der Waals surface area contributed by atoms with Gasteiger partial charge >= 0.3 is 6.09 Å². The van der Waals surface area contributed by atoms with Gasteiger partial charge in [-0.3, -0.25) is 4.90 Å². The van der Waals surface area contributed by atoms with E-state index in [1.54, 1.807) is 4.90 Å². The fourth-order valence-electron chi connectivity index (χ4n) is 2.06. The van der Waals surface area contributed by atoms with Gasteiger partial charge in [-0.25, -0.2) is 9.78 Å². The zero-order chi connectivity index (χ0) is 14.0. The summed E-state index contributed by atoms with van der Waals surface area (Å²) in [5.74, 6) is 0.903. The number of nitrogens with zero attached hydrogens (tertiary/aromatic N) is 3. The molecule has 0 aromatic carbocycles. The number of hydrogen-bond acceptors (Lipinski definition) is 4. The van der Waals surface area contributed by atoms with E-state index in [9.17, 15) is 4.79 Å². The summed E-state index contributed by atoms with van der Waals surface area (Å²) >= 11 is 0. The summed E-state index contributed by atoms with van der Waals surface area (Å²) in [5.41, 5.74) is 6.06. The van der Waals surface area contributed by atoms with E-state index in [4.69, 9.17) is 10.5 Å². The number of fused-ring (bicyclic) bond motifs is 1. The van der Waals surface area contributed by atoms with Crippen LogP contribution < -0.4 is 5.73 Å². The molecule has 0 bridgehead atoms. The molecule has 1 aromatic rings. The van der Waals surface area contributed by atoms with Crippen LogP contribution >= 0.6 is 0 Å². The number of aromatic nitrogens is 2. The van der Waals surface area contributed by atoms with E-state index in [0.717, 1.165) is 24.5 Å². The Kier molecular flexibility index (Phi) is 3.80. The van der Waals surface area contributed by atoms with Gasteiger partial charge < -0.3 is 15.0 Å². The van der Waals surface area contributed by atoms with E-state index < -0.39 is 5.60 Å². The molecule has 0 aliphatic carbocycles. The largest absolute Gasteiger partial charge is 0.444 e. The summed E-state index contributed by atoms with van der Waals surface area (Å²) in [7, 11) is 0. The monoisotopic (exact) mass is 266 g/mol. The van der Waals surface area contributed by atoms with Gasteiger partial charge in [0.1, 0.15) is 11.4 Å². The van der Waals surface area contributed by atoms with Gasteiger partial charge in [0.15, 0.2) is 0 Å². The minimum absolute atomic E-state index is 0.276. The highest BCUT2D eigenvalue weighted by Gasteiger charge is 2.26. The first-order valence-electron chi connectivity index (χ1n) is 6.62. The molecule has 2 N–H and O–H groups in total. The minimum atomic E-state index is -0.464. The average Bonchev–Trinajstić information content (AvgIpc) is 2.68. The highest BCUT2D eigenvalue weighted by Crippen LogP contribution is 2.16. The summed E-state index contributed by atoms with van der Waals surface area (Å²) in [4.78, 5) is 18.2. The maximum atomic E-state index is 12.0. The third kappa shape index (κ3) is 3.47. The molecule has 0 saturated heterocycles. The van der Waals surface area contributed by atoms with Crippen LogP contribution in [-0.2, 0) is 24.2 Å². The first-order chi connectivity index (χ1) is 8.89. The van der Waals surface area contributed by atoms with Gasteiger partial charge in [-0.15, -0.1) is 0 Å². The smallest absolute Gasteiger partial charge is 0.410 e. The van der Waals surface area contributed by atoms with Crippen molar-refractivity contribution >= 4 is 6.09 Å². The van der Waals surface area contributed by atoms with Crippen LogP contribution in [0.2, 0.25) is 0 Å². The minimum Gasteiger partial charge on any atom is -0.444 e. The van der Waals surface area contributed by atoms with Crippen LogP contribution in [0.3, 0.4) is 0 Å². The molecule has 6 nitrogen and oxygen atoms in total. The van der Waals surface area contributed by atoms with Gasteiger partial charge in [0, 0.05) is 25.7 Å². The zero-order valence-electron chi connectivity index (χ0n) is 11.8. The Morgan fingerprint density at radius 3 is 2.84 bits per heavy atom. The quantitative estimate of drug-likeness (QED) is 0.871. The predicted molar refractivity (Wildman–Crippen MR) is 71.6 cm³/mol. The number of carbonyl (C=O) groups is 1. The number of ether oxygens (including phenoxy) is 1. The van der Waals surface area contributed by atoms with E-state index in [1.165, 1.54) is 0 Å². The van der Waals surface area contributed by atoms with Gasteiger partial charge in [-0.2, -0.15) is 0 Å². The number of hydrogen-bond donors (Lipinski definition) is 1. The maximum absolute atomic E-state index is 12.0. The third-order valence-electron chi connectivity index (χ3n) is 2.90. The van der Waals surface area contributed by atoms with Crippen molar-refractivity contribution in [2.75, 3.05) is 13.1 Å². The van der Waals surface area contributed by atoms with Crippen LogP contribution in [0, 0.1) is 0 Å². The second-order valence-corrected chi connectivity index (χ2v) is 5.78. The van der Waals surface area contributed by atoms with Crippen molar-refractivity contribution in [1.82, 2.24) is 14.5 Å².